The molecule has 1 atom stereocenters. The maximum Gasteiger partial charge on any atom is 0.410 e. The van der Waals surface area contributed by atoms with E-state index in [1.807, 2.05) is 51.2 Å². The number of H-pyrrole nitrogens is 1. The van der Waals surface area contributed by atoms with Gasteiger partial charge in [0.1, 0.15) is 11.4 Å². The van der Waals surface area contributed by atoms with Crippen LogP contribution in [0, 0.1) is 0 Å². The Kier molecular flexibility index (Phi) is 3.98. The molecule has 0 unspecified atom stereocenters. The maximum atomic E-state index is 12.3. The van der Waals surface area contributed by atoms with Crippen LogP contribution in [0.25, 0.3) is 21.8 Å². The topological polar surface area (TPSA) is 70.2 Å². The predicted molar refractivity (Wildman–Crippen MR) is 103 cm³/mol. The number of anilines is 1. The van der Waals surface area contributed by atoms with Gasteiger partial charge in [0.2, 0.25) is 0 Å². The van der Waals surface area contributed by atoms with E-state index in [-0.39, 0.29) is 12.1 Å². The van der Waals surface area contributed by atoms with Gasteiger partial charge in [-0.05, 0) is 39.3 Å². The van der Waals surface area contributed by atoms with Gasteiger partial charge >= 0.3 is 6.09 Å². The molecule has 1 amide bonds. The second-order valence-electron chi connectivity index (χ2n) is 7.80. The van der Waals surface area contributed by atoms with Crippen LogP contribution in [-0.4, -0.2) is 45.7 Å². The van der Waals surface area contributed by atoms with Crippen LogP contribution in [0.5, 0.6) is 0 Å². The van der Waals surface area contributed by atoms with Gasteiger partial charge in [-0.3, -0.25) is 0 Å². The highest BCUT2D eigenvalue weighted by molar-refractivity contribution is 6.08. The van der Waals surface area contributed by atoms with E-state index in [9.17, 15) is 4.79 Å². The molecule has 6 heteroatoms. The van der Waals surface area contributed by atoms with E-state index < -0.39 is 5.60 Å². The van der Waals surface area contributed by atoms with Crippen LogP contribution < -0.4 is 5.32 Å². The number of fused-ring (bicyclic) bond motifs is 3. The molecule has 1 aromatic carbocycles. The summed E-state index contributed by atoms with van der Waals surface area (Å²) in [5.74, 6) is 0.857. The molecule has 4 rings (SSSR count). The third-order valence-electron chi connectivity index (χ3n) is 4.59. The number of pyridine rings is 1. The number of para-hydroxylation sites is 1. The smallest absolute Gasteiger partial charge is 0.410 e. The normalized spacial score (nSPS) is 17.8. The summed E-state index contributed by atoms with van der Waals surface area (Å²) >= 11 is 0. The molecule has 1 fully saturated rings. The van der Waals surface area contributed by atoms with Gasteiger partial charge in [0, 0.05) is 36.1 Å². The van der Waals surface area contributed by atoms with Crippen molar-refractivity contribution in [2.75, 3.05) is 18.4 Å². The van der Waals surface area contributed by atoms with E-state index >= 15 is 0 Å². The molecule has 3 aromatic rings. The number of benzene rings is 1. The first-order chi connectivity index (χ1) is 12.4. The highest BCUT2D eigenvalue weighted by Crippen LogP contribution is 2.29. The van der Waals surface area contributed by atoms with Gasteiger partial charge < -0.3 is 19.9 Å². The predicted octanol–water partition coefficient (Wildman–Crippen LogP) is 4.14. The van der Waals surface area contributed by atoms with Gasteiger partial charge in [0.15, 0.2) is 0 Å². The minimum atomic E-state index is -0.472. The average Bonchev–Trinajstić information content (AvgIpc) is 3.23. The summed E-state index contributed by atoms with van der Waals surface area (Å²) in [4.78, 5) is 22.1. The van der Waals surface area contributed by atoms with Crippen LogP contribution in [-0.2, 0) is 4.74 Å². The van der Waals surface area contributed by atoms with E-state index in [0.717, 1.165) is 34.0 Å². The van der Waals surface area contributed by atoms with Crippen LogP contribution in [0.2, 0.25) is 0 Å². The largest absolute Gasteiger partial charge is 0.444 e. The van der Waals surface area contributed by atoms with Crippen LogP contribution >= 0.6 is 0 Å². The van der Waals surface area contributed by atoms with E-state index in [0.29, 0.717) is 13.1 Å². The van der Waals surface area contributed by atoms with Gasteiger partial charge in [0.25, 0.3) is 0 Å². The van der Waals surface area contributed by atoms with Crippen molar-refractivity contribution in [2.24, 2.45) is 0 Å². The van der Waals surface area contributed by atoms with Gasteiger partial charge in [0.05, 0.1) is 11.0 Å². The molecule has 2 N–H and O–H groups in total. The minimum Gasteiger partial charge on any atom is -0.444 e. The van der Waals surface area contributed by atoms with E-state index in [1.165, 1.54) is 0 Å². The summed E-state index contributed by atoms with van der Waals surface area (Å²) < 4.78 is 5.47. The zero-order chi connectivity index (χ0) is 18.3. The molecule has 1 aliphatic rings. The molecule has 1 saturated heterocycles. The van der Waals surface area contributed by atoms with Crippen LogP contribution in [0.1, 0.15) is 27.2 Å². The average molecular weight is 352 g/mol. The van der Waals surface area contributed by atoms with Crippen LogP contribution in [0.4, 0.5) is 10.6 Å². The Morgan fingerprint density at radius 2 is 2.08 bits per heavy atom. The van der Waals surface area contributed by atoms with Crippen molar-refractivity contribution in [2.45, 2.75) is 38.8 Å². The number of hydrogen-bond donors (Lipinski definition) is 2. The third-order valence-corrected chi connectivity index (χ3v) is 4.59. The van der Waals surface area contributed by atoms with Crippen LogP contribution in [0.15, 0.2) is 36.5 Å². The van der Waals surface area contributed by atoms with Gasteiger partial charge in [-0.2, -0.15) is 0 Å². The standard InChI is InChI=1S/C20H24N4O2/c1-20(2,3)26-19(25)24-11-9-13(12-24)22-18-15-8-10-21-17(15)14-6-4-5-7-16(14)23-18/h4-8,10,13,21H,9,11-12H2,1-3H3,(H,22,23)/t13-/m0/s1. The van der Waals surface area contributed by atoms with Crippen molar-refractivity contribution in [1.29, 1.82) is 0 Å². The Morgan fingerprint density at radius 3 is 2.88 bits per heavy atom. The maximum absolute atomic E-state index is 12.3. The van der Waals surface area contributed by atoms with Crippen LogP contribution in [0.3, 0.4) is 0 Å². The summed E-state index contributed by atoms with van der Waals surface area (Å²) in [6, 6.07) is 10.3. The fourth-order valence-corrected chi connectivity index (χ4v) is 3.43. The van der Waals surface area contributed by atoms with Crippen molar-refractivity contribution in [3.63, 3.8) is 0 Å². The Morgan fingerprint density at radius 1 is 1.27 bits per heavy atom. The lowest BCUT2D eigenvalue weighted by Gasteiger charge is -2.24. The summed E-state index contributed by atoms with van der Waals surface area (Å²) in [5.41, 5.74) is 1.56. The molecule has 136 valence electrons. The first kappa shape index (κ1) is 16.7. The fraction of sp³-hybridized carbons (Fsp3) is 0.400. The summed E-state index contributed by atoms with van der Waals surface area (Å²) in [6.07, 6.45) is 2.56. The number of likely N-dealkylation sites (tertiary alicyclic amines) is 1. The number of nitrogens with one attached hydrogen (secondary N) is 2. The zero-order valence-corrected chi connectivity index (χ0v) is 15.4. The molecule has 1 aliphatic heterocycles. The van der Waals surface area contributed by atoms with Crippen molar-refractivity contribution >= 4 is 33.7 Å². The number of nitrogens with zero attached hydrogens (tertiary/aromatic N) is 2. The molecule has 0 aliphatic carbocycles. The lowest BCUT2D eigenvalue weighted by Crippen LogP contribution is -2.36. The fourth-order valence-electron chi connectivity index (χ4n) is 3.43. The molecule has 0 bridgehead atoms. The van der Waals surface area contributed by atoms with Gasteiger partial charge in [-0.25, -0.2) is 9.78 Å². The summed E-state index contributed by atoms with van der Waals surface area (Å²) in [7, 11) is 0. The molecule has 2 aromatic heterocycles. The van der Waals surface area contributed by atoms with Crippen molar-refractivity contribution in [3.8, 4) is 0 Å². The van der Waals surface area contributed by atoms with Crippen molar-refractivity contribution in [1.82, 2.24) is 14.9 Å². The molecule has 26 heavy (non-hydrogen) atoms. The number of hydrogen-bond acceptors (Lipinski definition) is 4. The van der Waals surface area contributed by atoms with Crippen molar-refractivity contribution < 1.29 is 9.53 Å². The highest BCUT2D eigenvalue weighted by atomic mass is 16.6. The quantitative estimate of drug-likeness (QED) is 0.727. The molecule has 0 radical (unpaired) electrons. The van der Waals surface area contributed by atoms with E-state index in [2.05, 4.69) is 16.4 Å². The lowest BCUT2D eigenvalue weighted by atomic mass is 10.1. The number of aromatic amines is 1. The zero-order valence-electron chi connectivity index (χ0n) is 15.4. The summed E-state index contributed by atoms with van der Waals surface area (Å²) in [6.45, 7) is 6.97. The van der Waals surface area contributed by atoms with Crippen molar-refractivity contribution in [3.05, 3.63) is 36.5 Å². The minimum absolute atomic E-state index is 0.161. The Balaban J connectivity index is 1.54. The van der Waals surface area contributed by atoms with E-state index in [4.69, 9.17) is 9.72 Å². The molecule has 0 saturated carbocycles. The van der Waals surface area contributed by atoms with Gasteiger partial charge in [-0.1, -0.05) is 18.2 Å². The number of carbonyl (C=O) groups excluding carboxylic acids is 1. The highest BCUT2D eigenvalue weighted by Gasteiger charge is 2.30. The number of aromatic nitrogens is 2. The molecule has 6 nitrogen and oxygen atoms in total. The third kappa shape index (κ3) is 3.19. The second-order valence-corrected chi connectivity index (χ2v) is 7.80. The molecular weight excluding hydrogens is 328 g/mol. The van der Waals surface area contributed by atoms with E-state index in [1.54, 1.807) is 4.90 Å². The number of rotatable bonds is 2. The summed E-state index contributed by atoms with van der Waals surface area (Å²) in [5, 5.41) is 5.71. The number of carbonyl (C=O) groups is 1. The Labute approximate surface area is 152 Å². The first-order valence-electron chi connectivity index (χ1n) is 9.01. The first-order valence-corrected chi connectivity index (χ1v) is 9.01. The number of ether oxygens (including phenoxy) is 1. The molecule has 0 spiro atoms. The SMILES string of the molecule is CC(C)(C)OC(=O)N1CC[C@H](Nc2nc3ccccc3c3[nH]ccc23)C1. The Hall–Kier alpha value is -2.76. The monoisotopic (exact) mass is 352 g/mol. The lowest BCUT2D eigenvalue weighted by molar-refractivity contribution is 0.0293. The number of amides is 1. The Bertz CT molecular complexity index is 957. The molecule has 3 heterocycles. The second kappa shape index (κ2) is 6.20. The van der Waals surface area contributed by atoms with Gasteiger partial charge in [-0.15, -0.1) is 0 Å². The molecular formula is C20H24N4O2.